The van der Waals surface area contributed by atoms with E-state index in [0.717, 1.165) is 12.1 Å². The molecule has 2 N–H and O–H groups in total. The van der Waals surface area contributed by atoms with Gasteiger partial charge in [-0.3, -0.25) is 4.79 Å². The molecule has 0 bridgehead atoms. The first-order valence-corrected chi connectivity index (χ1v) is 10.9. The molecule has 1 saturated heterocycles. The Kier molecular flexibility index (Phi) is 7.23. The fourth-order valence-electron chi connectivity index (χ4n) is 2.87. The second-order valence-electron chi connectivity index (χ2n) is 8.02. The number of likely N-dealkylation sites (tertiary alicyclic amines) is 1. The lowest BCUT2D eigenvalue weighted by Crippen LogP contribution is -2.52. The van der Waals surface area contributed by atoms with Crippen molar-refractivity contribution in [2.45, 2.75) is 63.1 Å². The number of carbonyl (C=O) groups excluding carboxylic acids is 2. The van der Waals surface area contributed by atoms with Crippen LogP contribution in [0.3, 0.4) is 0 Å². The minimum atomic E-state index is -4.17. The van der Waals surface area contributed by atoms with Crippen molar-refractivity contribution in [3.05, 3.63) is 30.1 Å². The van der Waals surface area contributed by atoms with Gasteiger partial charge in [0.2, 0.25) is 15.9 Å². The molecule has 0 saturated carbocycles. The molecule has 162 valence electrons. The predicted molar refractivity (Wildman–Crippen MR) is 105 cm³/mol. The van der Waals surface area contributed by atoms with Gasteiger partial charge in [0, 0.05) is 19.1 Å². The molecule has 1 atom stereocenters. The van der Waals surface area contributed by atoms with E-state index in [2.05, 4.69) is 10.0 Å². The Hall–Kier alpha value is -2.20. The SMILES string of the molecule is C[C@H](NS(=O)(=O)c1ccccc1F)C(=O)NC1CCN(C(=O)OC(C)(C)C)CC1. The molecular weight excluding hydrogens is 401 g/mol. The van der Waals surface area contributed by atoms with E-state index in [0.29, 0.717) is 25.9 Å². The molecule has 0 aromatic heterocycles. The third-order valence-electron chi connectivity index (χ3n) is 4.34. The van der Waals surface area contributed by atoms with Crippen LogP contribution in [0.4, 0.5) is 9.18 Å². The molecule has 0 radical (unpaired) electrons. The summed E-state index contributed by atoms with van der Waals surface area (Å²) in [7, 11) is -4.17. The van der Waals surface area contributed by atoms with Crippen molar-refractivity contribution in [1.82, 2.24) is 14.9 Å². The fourth-order valence-corrected chi connectivity index (χ4v) is 4.15. The highest BCUT2D eigenvalue weighted by Gasteiger charge is 2.29. The fraction of sp³-hybridized carbons (Fsp3) is 0.579. The summed E-state index contributed by atoms with van der Waals surface area (Å²) in [6.07, 6.45) is 0.656. The van der Waals surface area contributed by atoms with Crippen molar-refractivity contribution in [1.29, 1.82) is 0 Å². The van der Waals surface area contributed by atoms with E-state index >= 15 is 0 Å². The summed E-state index contributed by atoms with van der Waals surface area (Å²) < 4.78 is 45.9. The summed E-state index contributed by atoms with van der Waals surface area (Å²) >= 11 is 0. The molecular formula is C19H28FN3O5S. The quantitative estimate of drug-likeness (QED) is 0.745. The number of hydrogen-bond acceptors (Lipinski definition) is 5. The molecule has 1 aromatic carbocycles. The average Bonchev–Trinajstić information content (AvgIpc) is 2.60. The molecule has 0 unspecified atom stereocenters. The number of ether oxygens (including phenoxy) is 1. The van der Waals surface area contributed by atoms with Crippen LogP contribution in [0.2, 0.25) is 0 Å². The first-order valence-electron chi connectivity index (χ1n) is 9.44. The number of carbonyl (C=O) groups is 2. The van der Waals surface area contributed by atoms with E-state index < -0.39 is 44.4 Å². The monoisotopic (exact) mass is 429 g/mol. The number of halogens is 1. The van der Waals surface area contributed by atoms with Gasteiger partial charge in [0.05, 0.1) is 6.04 Å². The molecule has 10 heteroatoms. The van der Waals surface area contributed by atoms with Crippen molar-refractivity contribution in [2.75, 3.05) is 13.1 Å². The molecule has 1 aromatic rings. The van der Waals surface area contributed by atoms with Crippen molar-refractivity contribution < 1.29 is 27.1 Å². The van der Waals surface area contributed by atoms with E-state index in [1.165, 1.54) is 19.1 Å². The van der Waals surface area contributed by atoms with E-state index in [1.807, 2.05) is 0 Å². The summed E-state index contributed by atoms with van der Waals surface area (Å²) in [5, 5.41) is 2.78. The predicted octanol–water partition coefficient (Wildman–Crippen LogP) is 2.01. The number of hydrogen-bond donors (Lipinski definition) is 2. The third-order valence-corrected chi connectivity index (χ3v) is 5.92. The van der Waals surface area contributed by atoms with Crippen molar-refractivity contribution >= 4 is 22.0 Å². The molecule has 0 aliphatic carbocycles. The van der Waals surface area contributed by atoms with Crippen LogP contribution in [0.15, 0.2) is 29.2 Å². The van der Waals surface area contributed by atoms with Crippen LogP contribution in [0.1, 0.15) is 40.5 Å². The Morgan fingerprint density at radius 3 is 2.34 bits per heavy atom. The molecule has 1 fully saturated rings. The highest BCUT2D eigenvalue weighted by atomic mass is 32.2. The molecule has 1 aliphatic rings. The number of rotatable bonds is 5. The summed E-state index contributed by atoms with van der Waals surface area (Å²) in [6, 6.07) is 3.69. The Balaban J connectivity index is 1.86. The van der Waals surface area contributed by atoms with Gasteiger partial charge >= 0.3 is 6.09 Å². The van der Waals surface area contributed by atoms with Gasteiger partial charge in [-0.1, -0.05) is 12.1 Å². The van der Waals surface area contributed by atoms with E-state index in [9.17, 15) is 22.4 Å². The van der Waals surface area contributed by atoms with Gasteiger partial charge in [0.25, 0.3) is 0 Å². The Labute approximate surface area is 170 Å². The number of nitrogens with zero attached hydrogens (tertiary/aromatic N) is 1. The zero-order chi connectivity index (χ0) is 21.8. The molecule has 1 aliphatic heterocycles. The first kappa shape index (κ1) is 23.1. The molecule has 29 heavy (non-hydrogen) atoms. The number of nitrogens with one attached hydrogen (secondary N) is 2. The van der Waals surface area contributed by atoms with Gasteiger partial charge in [-0.2, -0.15) is 4.72 Å². The van der Waals surface area contributed by atoms with Crippen molar-refractivity contribution in [2.24, 2.45) is 0 Å². The standard InChI is InChI=1S/C19H28FN3O5S/c1-13(22-29(26,27)16-8-6-5-7-15(16)20)17(24)21-14-9-11-23(12-10-14)18(25)28-19(2,3)4/h5-8,13-14,22H,9-12H2,1-4H3,(H,21,24)/t13-/m0/s1. The van der Waals surface area contributed by atoms with Crippen LogP contribution in [-0.2, 0) is 19.6 Å². The van der Waals surface area contributed by atoms with Gasteiger partial charge in [-0.25, -0.2) is 17.6 Å². The normalized spacial score (nSPS) is 16.9. The maximum Gasteiger partial charge on any atom is 0.410 e. The minimum absolute atomic E-state index is 0.193. The molecule has 2 amide bonds. The van der Waals surface area contributed by atoms with Crippen LogP contribution >= 0.6 is 0 Å². The van der Waals surface area contributed by atoms with Crippen LogP contribution in [0.5, 0.6) is 0 Å². The van der Waals surface area contributed by atoms with Crippen molar-refractivity contribution in [3.63, 3.8) is 0 Å². The summed E-state index contributed by atoms with van der Waals surface area (Å²) in [6.45, 7) is 7.62. The maximum atomic E-state index is 13.8. The second kappa shape index (κ2) is 9.08. The largest absolute Gasteiger partial charge is 0.444 e. The maximum absolute atomic E-state index is 13.8. The number of benzene rings is 1. The zero-order valence-corrected chi connectivity index (χ0v) is 17.9. The van der Waals surface area contributed by atoms with Gasteiger partial charge in [-0.15, -0.1) is 0 Å². The second-order valence-corrected chi connectivity index (χ2v) is 9.71. The Morgan fingerprint density at radius 1 is 1.21 bits per heavy atom. The summed E-state index contributed by atoms with van der Waals surface area (Å²) in [5.41, 5.74) is -0.576. The van der Waals surface area contributed by atoms with Gasteiger partial charge in [0.15, 0.2) is 0 Å². The number of piperidine rings is 1. The highest BCUT2D eigenvalue weighted by Crippen LogP contribution is 2.16. The van der Waals surface area contributed by atoms with E-state index in [-0.39, 0.29) is 6.04 Å². The van der Waals surface area contributed by atoms with Crippen molar-refractivity contribution in [3.8, 4) is 0 Å². The first-order chi connectivity index (χ1) is 13.4. The topological polar surface area (TPSA) is 105 Å². The lowest BCUT2D eigenvalue weighted by atomic mass is 10.1. The van der Waals surface area contributed by atoms with Crippen LogP contribution in [-0.4, -0.2) is 56.1 Å². The zero-order valence-electron chi connectivity index (χ0n) is 17.1. The highest BCUT2D eigenvalue weighted by molar-refractivity contribution is 7.89. The van der Waals surface area contributed by atoms with Gasteiger partial charge < -0.3 is 15.0 Å². The third kappa shape index (κ3) is 6.67. The average molecular weight is 430 g/mol. The lowest BCUT2D eigenvalue weighted by Gasteiger charge is -2.34. The molecule has 2 rings (SSSR count). The number of sulfonamides is 1. The molecule has 0 spiro atoms. The number of amides is 2. The molecule has 8 nitrogen and oxygen atoms in total. The lowest BCUT2D eigenvalue weighted by molar-refractivity contribution is -0.123. The van der Waals surface area contributed by atoms with E-state index in [1.54, 1.807) is 25.7 Å². The van der Waals surface area contributed by atoms with E-state index in [4.69, 9.17) is 4.74 Å². The molecule has 1 heterocycles. The van der Waals surface area contributed by atoms with Gasteiger partial charge in [-0.05, 0) is 52.7 Å². The Bertz CT molecular complexity index is 846. The minimum Gasteiger partial charge on any atom is -0.444 e. The Morgan fingerprint density at radius 2 is 1.79 bits per heavy atom. The smallest absolute Gasteiger partial charge is 0.410 e. The van der Waals surface area contributed by atoms with Crippen LogP contribution < -0.4 is 10.0 Å². The van der Waals surface area contributed by atoms with Crippen LogP contribution in [0, 0.1) is 5.82 Å². The van der Waals surface area contributed by atoms with Crippen LogP contribution in [0.25, 0.3) is 0 Å². The summed E-state index contributed by atoms with van der Waals surface area (Å²) in [4.78, 5) is 25.5. The summed E-state index contributed by atoms with van der Waals surface area (Å²) in [5.74, 6) is -1.40. The van der Waals surface area contributed by atoms with Gasteiger partial charge in [0.1, 0.15) is 16.3 Å².